The number of aliphatic hydroxyl groups is 1. The number of benzene rings is 2. The number of nitrogens with one attached hydrogen (secondary N) is 1. The first kappa shape index (κ1) is 14.6. The predicted octanol–water partition coefficient (Wildman–Crippen LogP) is 3.04. The Balaban J connectivity index is 2.09. The molecule has 0 radical (unpaired) electrons. The smallest absolute Gasteiger partial charge is 0.130 e. The quantitative estimate of drug-likeness (QED) is 0.848. The normalized spacial score (nSPS) is 10.6. The van der Waals surface area contributed by atoms with Gasteiger partial charge in [-0.1, -0.05) is 24.3 Å². The van der Waals surface area contributed by atoms with Gasteiger partial charge in [-0.2, -0.15) is 0 Å². The van der Waals surface area contributed by atoms with Crippen molar-refractivity contribution in [2.45, 2.75) is 19.9 Å². The molecule has 0 unspecified atom stereocenters. The Hall–Kier alpha value is -1.84. The maximum absolute atomic E-state index is 8.89. The van der Waals surface area contributed by atoms with Crippen LogP contribution >= 0.6 is 0 Å². The summed E-state index contributed by atoms with van der Waals surface area (Å²) < 4.78 is 5.89. The molecule has 0 aliphatic rings. The number of aliphatic hydroxyl groups excluding tert-OH is 1. The minimum atomic E-state index is 0.173. The molecule has 0 fully saturated rings. The molecule has 0 aliphatic carbocycles. The van der Waals surface area contributed by atoms with E-state index in [2.05, 4.69) is 24.4 Å². The number of aryl methyl sites for hydroxylation is 1. The predicted molar refractivity (Wildman–Crippen MR) is 81.2 cm³/mol. The fourth-order valence-corrected chi connectivity index (χ4v) is 2.12. The van der Waals surface area contributed by atoms with Crippen LogP contribution in [0.5, 0.6) is 11.5 Å². The summed E-state index contributed by atoms with van der Waals surface area (Å²) in [6, 6.07) is 14.0. The molecular formula is C17H21NO2. The van der Waals surface area contributed by atoms with E-state index in [1.807, 2.05) is 37.4 Å². The van der Waals surface area contributed by atoms with Crippen molar-refractivity contribution < 1.29 is 9.84 Å². The van der Waals surface area contributed by atoms with E-state index in [-0.39, 0.29) is 6.61 Å². The number of hydrogen-bond donors (Lipinski definition) is 2. The van der Waals surface area contributed by atoms with Gasteiger partial charge in [-0.05, 0) is 55.3 Å². The summed E-state index contributed by atoms with van der Waals surface area (Å²) in [6.07, 6.45) is 0.679. The second-order valence-electron chi connectivity index (χ2n) is 4.85. The lowest BCUT2D eigenvalue weighted by molar-refractivity contribution is 0.299. The van der Waals surface area contributed by atoms with Gasteiger partial charge in [-0.25, -0.2) is 0 Å². The van der Waals surface area contributed by atoms with Crippen molar-refractivity contribution in [3.8, 4) is 11.5 Å². The lowest BCUT2D eigenvalue weighted by atomic mass is 10.1. The van der Waals surface area contributed by atoms with Gasteiger partial charge < -0.3 is 15.2 Å². The second kappa shape index (κ2) is 7.08. The average Bonchev–Trinajstić information content (AvgIpc) is 2.44. The van der Waals surface area contributed by atoms with Crippen molar-refractivity contribution in [3.05, 3.63) is 59.2 Å². The van der Waals surface area contributed by atoms with E-state index in [9.17, 15) is 0 Å². The van der Waals surface area contributed by atoms with E-state index in [0.29, 0.717) is 6.42 Å². The highest BCUT2D eigenvalue weighted by Gasteiger charge is 2.03. The molecule has 2 N–H and O–H groups in total. The summed E-state index contributed by atoms with van der Waals surface area (Å²) >= 11 is 0. The second-order valence-corrected chi connectivity index (χ2v) is 4.85. The first-order chi connectivity index (χ1) is 9.72. The Kier molecular flexibility index (Phi) is 5.16. The lowest BCUT2D eigenvalue weighted by Gasteiger charge is -2.11. The van der Waals surface area contributed by atoms with Crippen molar-refractivity contribution >= 4 is 0 Å². The minimum Gasteiger partial charge on any atom is -0.457 e. The topological polar surface area (TPSA) is 41.5 Å². The molecular weight excluding hydrogens is 250 g/mol. The van der Waals surface area contributed by atoms with Crippen molar-refractivity contribution in [1.82, 2.24) is 5.32 Å². The highest BCUT2D eigenvalue weighted by atomic mass is 16.5. The molecule has 0 spiro atoms. The standard InChI is InChI=1S/C17H21NO2/c1-13-11-15(12-18-2)5-8-17(13)20-16-6-3-14(4-7-16)9-10-19/h3-8,11,18-19H,9-10,12H2,1-2H3. The molecule has 2 rings (SSSR count). The Labute approximate surface area is 120 Å². The van der Waals surface area contributed by atoms with Crippen LogP contribution in [0, 0.1) is 6.92 Å². The maximum atomic E-state index is 8.89. The average molecular weight is 271 g/mol. The summed E-state index contributed by atoms with van der Waals surface area (Å²) in [5.41, 5.74) is 3.48. The van der Waals surface area contributed by atoms with Crippen molar-refractivity contribution in [1.29, 1.82) is 0 Å². The third-order valence-electron chi connectivity index (χ3n) is 3.17. The SMILES string of the molecule is CNCc1ccc(Oc2ccc(CCO)cc2)c(C)c1. The lowest BCUT2D eigenvalue weighted by Crippen LogP contribution is -2.05. The number of ether oxygens (including phenoxy) is 1. The van der Waals surface area contributed by atoms with Crippen LogP contribution in [0.2, 0.25) is 0 Å². The molecule has 3 heteroatoms. The number of rotatable bonds is 6. The van der Waals surface area contributed by atoms with Gasteiger partial charge in [-0.3, -0.25) is 0 Å². The zero-order valence-corrected chi connectivity index (χ0v) is 12.0. The van der Waals surface area contributed by atoms with Crippen LogP contribution in [-0.2, 0) is 13.0 Å². The molecule has 106 valence electrons. The Bertz CT molecular complexity index is 549. The molecule has 0 bridgehead atoms. The van der Waals surface area contributed by atoms with Gasteiger partial charge in [-0.15, -0.1) is 0 Å². The summed E-state index contributed by atoms with van der Waals surface area (Å²) in [4.78, 5) is 0. The van der Waals surface area contributed by atoms with Gasteiger partial charge in [0.1, 0.15) is 11.5 Å². The highest BCUT2D eigenvalue weighted by Crippen LogP contribution is 2.26. The largest absolute Gasteiger partial charge is 0.457 e. The zero-order valence-electron chi connectivity index (χ0n) is 12.0. The van der Waals surface area contributed by atoms with E-state index in [1.54, 1.807) is 0 Å². The van der Waals surface area contributed by atoms with Gasteiger partial charge in [0.25, 0.3) is 0 Å². The molecule has 0 atom stereocenters. The van der Waals surface area contributed by atoms with Crippen LogP contribution in [0.25, 0.3) is 0 Å². The van der Waals surface area contributed by atoms with Gasteiger partial charge in [0.15, 0.2) is 0 Å². The molecule has 0 amide bonds. The van der Waals surface area contributed by atoms with Crippen molar-refractivity contribution in [2.24, 2.45) is 0 Å². The Morgan fingerprint density at radius 2 is 1.75 bits per heavy atom. The molecule has 0 aliphatic heterocycles. The molecule has 2 aromatic carbocycles. The van der Waals surface area contributed by atoms with Crippen LogP contribution in [0.1, 0.15) is 16.7 Å². The van der Waals surface area contributed by atoms with Gasteiger partial charge in [0, 0.05) is 13.2 Å². The number of hydrogen-bond acceptors (Lipinski definition) is 3. The fourth-order valence-electron chi connectivity index (χ4n) is 2.12. The minimum absolute atomic E-state index is 0.173. The van der Waals surface area contributed by atoms with Crippen LogP contribution in [0.3, 0.4) is 0 Å². The first-order valence-electron chi connectivity index (χ1n) is 6.84. The van der Waals surface area contributed by atoms with E-state index >= 15 is 0 Å². The van der Waals surface area contributed by atoms with Crippen LogP contribution < -0.4 is 10.1 Å². The molecule has 0 saturated heterocycles. The van der Waals surface area contributed by atoms with E-state index in [4.69, 9.17) is 9.84 Å². The summed E-state index contributed by atoms with van der Waals surface area (Å²) in [5.74, 6) is 1.69. The highest BCUT2D eigenvalue weighted by molar-refractivity contribution is 5.40. The molecule has 0 aromatic heterocycles. The van der Waals surface area contributed by atoms with Crippen LogP contribution in [-0.4, -0.2) is 18.8 Å². The molecule has 2 aromatic rings. The first-order valence-corrected chi connectivity index (χ1v) is 6.84. The summed E-state index contributed by atoms with van der Waals surface area (Å²) in [6.45, 7) is 3.08. The van der Waals surface area contributed by atoms with Crippen LogP contribution in [0.4, 0.5) is 0 Å². The van der Waals surface area contributed by atoms with Gasteiger partial charge in [0.05, 0.1) is 0 Å². The maximum Gasteiger partial charge on any atom is 0.130 e. The molecule has 0 heterocycles. The molecule has 20 heavy (non-hydrogen) atoms. The van der Waals surface area contributed by atoms with E-state index < -0.39 is 0 Å². The Morgan fingerprint density at radius 1 is 1.05 bits per heavy atom. The summed E-state index contributed by atoms with van der Waals surface area (Å²) in [7, 11) is 1.94. The van der Waals surface area contributed by atoms with Crippen molar-refractivity contribution in [3.63, 3.8) is 0 Å². The zero-order chi connectivity index (χ0) is 14.4. The van der Waals surface area contributed by atoms with Gasteiger partial charge in [0.2, 0.25) is 0 Å². The molecule has 0 saturated carbocycles. The van der Waals surface area contributed by atoms with Gasteiger partial charge >= 0.3 is 0 Å². The third kappa shape index (κ3) is 3.83. The third-order valence-corrected chi connectivity index (χ3v) is 3.17. The molecule has 3 nitrogen and oxygen atoms in total. The fraction of sp³-hybridized carbons (Fsp3) is 0.294. The monoisotopic (exact) mass is 271 g/mol. The Morgan fingerprint density at radius 3 is 2.35 bits per heavy atom. The van der Waals surface area contributed by atoms with E-state index in [1.165, 1.54) is 5.56 Å². The van der Waals surface area contributed by atoms with Crippen molar-refractivity contribution in [2.75, 3.05) is 13.7 Å². The van der Waals surface area contributed by atoms with Crippen LogP contribution in [0.15, 0.2) is 42.5 Å². The van der Waals surface area contributed by atoms with E-state index in [0.717, 1.165) is 29.2 Å². The summed E-state index contributed by atoms with van der Waals surface area (Å²) in [5, 5.41) is 12.0.